The smallest absolute Gasteiger partial charge is 0.431 e. The van der Waals surface area contributed by atoms with Crippen molar-refractivity contribution in [2.24, 2.45) is 0 Å². The topological polar surface area (TPSA) is 35.5 Å². The van der Waals surface area contributed by atoms with Gasteiger partial charge in [0.25, 0.3) is 0 Å². The summed E-state index contributed by atoms with van der Waals surface area (Å²) in [5.74, 6) is 0. The highest BCUT2D eigenvalue weighted by atomic mass is 16.7. The van der Waals surface area contributed by atoms with Crippen LogP contribution in [0.5, 0.6) is 0 Å². The van der Waals surface area contributed by atoms with E-state index in [0.717, 1.165) is 38.5 Å². The number of carbonyl (C=O) groups excluding carboxylic acids is 1. The highest BCUT2D eigenvalue weighted by Crippen LogP contribution is 2.21. The fraction of sp³-hybridized carbons (Fsp3) is 0.833. The largest absolute Gasteiger partial charge is 0.508 e. The molecule has 0 atom stereocenters. The van der Waals surface area contributed by atoms with Gasteiger partial charge in [-0.3, -0.25) is 0 Å². The zero-order valence-corrected chi connectivity index (χ0v) is 9.54. The highest BCUT2D eigenvalue weighted by molar-refractivity contribution is 5.60. The predicted molar refractivity (Wildman–Crippen MR) is 58.3 cm³/mol. The van der Waals surface area contributed by atoms with E-state index in [1.54, 1.807) is 6.61 Å². The molecule has 1 aliphatic carbocycles. The molecule has 0 unspecified atom stereocenters. The van der Waals surface area contributed by atoms with E-state index in [9.17, 15) is 4.79 Å². The third-order valence-electron chi connectivity index (χ3n) is 2.67. The Morgan fingerprint density at radius 2 is 2.07 bits per heavy atom. The summed E-state index contributed by atoms with van der Waals surface area (Å²) in [6.45, 7) is 3.71. The van der Waals surface area contributed by atoms with Crippen LogP contribution < -0.4 is 0 Å². The summed E-state index contributed by atoms with van der Waals surface area (Å²) in [7, 11) is 0. The first-order chi connectivity index (χ1) is 7.33. The van der Waals surface area contributed by atoms with E-state index in [2.05, 4.69) is 6.92 Å². The standard InChI is InChI=1S/C12H21O3/c1-2-3-4-7-10-14-12(13)15-11-8-5-6-9-11/h10-11H,2-9H2,1H3. The number of rotatable bonds is 6. The Hall–Kier alpha value is -0.730. The summed E-state index contributed by atoms with van der Waals surface area (Å²) in [4.78, 5) is 11.2. The van der Waals surface area contributed by atoms with E-state index in [-0.39, 0.29) is 6.10 Å². The molecule has 0 aromatic carbocycles. The second-order valence-corrected chi connectivity index (χ2v) is 4.05. The van der Waals surface area contributed by atoms with E-state index >= 15 is 0 Å². The molecule has 0 amide bonds. The lowest BCUT2D eigenvalue weighted by Crippen LogP contribution is -2.14. The van der Waals surface area contributed by atoms with E-state index in [1.165, 1.54) is 12.8 Å². The predicted octanol–water partition coefficient (Wildman–Crippen LogP) is 3.82. The molecule has 1 rings (SSSR count). The fourth-order valence-corrected chi connectivity index (χ4v) is 1.77. The second-order valence-electron chi connectivity index (χ2n) is 4.05. The number of hydrogen-bond donors (Lipinski definition) is 0. The molecule has 0 saturated heterocycles. The summed E-state index contributed by atoms with van der Waals surface area (Å²) >= 11 is 0. The molecule has 0 N–H and O–H groups in total. The minimum absolute atomic E-state index is 0.0986. The molecular weight excluding hydrogens is 192 g/mol. The molecule has 0 spiro atoms. The van der Waals surface area contributed by atoms with Crippen LogP contribution in [0.2, 0.25) is 0 Å². The number of hydrogen-bond acceptors (Lipinski definition) is 3. The SMILES string of the molecule is CCCCC[CH]OC(=O)OC1CCCC1. The van der Waals surface area contributed by atoms with Gasteiger partial charge in [-0.05, 0) is 38.5 Å². The number of carbonyl (C=O) groups is 1. The minimum Gasteiger partial charge on any atom is -0.431 e. The van der Waals surface area contributed by atoms with Crippen molar-refractivity contribution in [3.63, 3.8) is 0 Å². The van der Waals surface area contributed by atoms with Crippen molar-refractivity contribution < 1.29 is 14.3 Å². The van der Waals surface area contributed by atoms with Gasteiger partial charge in [0.05, 0.1) is 0 Å². The molecule has 1 saturated carbocycles. The molecule has 0 aliphatic heterocycles. The zero-order chi connectivity index (χ0) is 10.9. The lowest BCUT2D eigenvalue weighted by Gasteiger charge is -2.10. The van der Waals surface area contributed by atoms with Crippen LogP contribution in [0.3, 0.4) is 0 Å². The summed E-state index contributed by atoms with van der Waals surface area (Å²) in [6, 6.07) is 0. The van der Waals surface area contributed by atoms with Gasteiger partial charge in [0.2, 0.25) is 0 Å². The molecule has 1 radical (unpaired) electrons. The van der Waals surface area contributed by atoms with Crippen molar-refractivity contribution in [3.8, 4) is 0 Å². The van der Waals surface area contributed by atoms with Crippen LogP contribution in [0.1, 0.15) is 58.3 Å². The average Bonchev–Trinajstić information content (AvgIpc) is 2.70. The van der Waals surface area contributed by atoms with Crippen molar-refractivity contribution in [2.45, 2.75) is 64.4 Å². The molecule has 3 nitrogen and oxygen atoms in total. The molecule has 15 heavy (non-hydrogen) atoms. The van der Waals surface area contributed by atoms with Crippen LogP contribution in [0.25, 0.3) is 0 Å². The van der Waals surface area contributed by atoms with E-state index in [0.29, 0.717) is 0 Å². The van der Waals surface area contributed by atoms with E-state index in [4.69, 9.17) is 9.47 Å². The van der Waals surface area contributed by atoms with E-state index in [1.807, 2.05) is 0 Å². The molecule has 0 aromatic rings. The Morgan fingerprint density at radius 1 is 1.33 bits per heavy atom. The summed E-state index contributed by atoms with van der Waals surface area (Å²) in [6.07, 6.45) is 8.14. The van der Waals surface area contributed by atoms with Crippen molar-refractivity contribution in [1.82, 2.24) is 0 Å². The molecule has 0 heterocycles. The van der Waals surface area contributed by atoms with Gasteiger partial charge in [0, 0.05) is 0 Å². The third-order valence-corrected chi connectivity index (χ3v) is 2.67. The molecular formula is C12H21O3. The van der Waals surface area contributed by atoms with Gasteiger partial charge < -0.3 is 9.47 Å². The molecule has 0 aromatic heterocycles. The lowest BCUT2D eigenvalue weighted by molar-refractivity contribution is 0.0392. The quantitative estimate of drug-likeness (QED) is 0.497. The van der Waals surface area contributed by atoms with Crippen LogP contribution in [0, 0.1) is 6.61 Å². The van der Waals surface area contributed by atoms with Crippen LogP contribution in [-0.2, 0) is 9.47 Å². The molecule has 87 valence electrons. The lowest BCUT2D eigenvalue weighted by atomic mass is 10.2. The number of unbranched alkanes of at least 4 members (excludes halogenated alkanes) is 3. The summed E-state index contributed by atoms with van der Waals surface area (Å²) in [5, 5.41) is 0. The van der Waals surface area contributed by atoms with Crippen molar-refractivity contribution in [1.29, 1.82) is 0 Å². The third kappa shape index (κ3) is 5.65. The first-order valence-corrected chi connectivity index (χ1v) is 6.02. The first-order valence-electron chi connectivity index (χ1n) is 6.02. The van der Waals surface area contributed by atoms with Gasteiger partial charge in [-0.1, -0.05) is 19.8 Å². The van der Waals surface area contributed by atoms with Crippen LogP contribution in [-0.4, -0.2) is 12.3 Å². The van der Waals surface area contributed by atoms with Gasteiger partial charge in [0.1, 0.15) is 12.7 Å². The minimum atomic E-state index is -0.529. The van der Waals surface area contributed by atoms with Gasteiger partial charge in [-0.2, -0.15) is 0 Å². The van der Waals surface area contributed by atoms with Crippen molar-refractivity contribution in [3.05, 3.63) is 6.61 Å². The van der Waals surface area contributed by atoms with E-state index < -0.39 is 6.16 Å². The maximum Gasteiger partial charge on any atom is 0.508 e. The summed E-state index contributed by atoms with van der Waals surface area (Å²) < 4.78 is 9.99. The first kappa shape index (κ1) is 12.3. The molecule has 1 aliphatic rings. The van der Waals surface area contributed by atoms with Crippen molar-refractivity contribution >= 4 is 6.16 Å². The summed E-state index contributed by atoms with van der Waals surface area (Å²) in [5.41, 5.74) is 0. The fourth-order valence-electron chi connectivity index (χ4n) is 1.77. The monoisotopic (exact) mass is 213 g/mol. The van der Waals surface area contributed by atoms with Gasteiger partial charge in [0.15, 0.2) is 0 Å². The zero-order valence-electron chi connectivity index (χ0n) is 9.54. The van der Waals surface area contributed by atoms with Gasteiger partial charge in [-0.25, -0.2) is 4.79 Å². The second kappa shape index (κ2) is 7.55. The Balaban J connectivity index is 1.93. The Bertz CT molecular complexity index is 174. The van der Waals surface area contributed by atoms with Crippen LogP contribution in [0.4, 0.5) is 4.79 Å². The number of ether oxygens (including phenoxy) is 2. The normalized spacial score (nSPS) is 16.6. The molecule has 1 fully saturated rings. The highest BCUT2D eigenvalue weighted by Gasteiger charge is 2.19. The Kier molecular flexibility index (Phi) is 6.21. The van der Waals surface area contributed by atoms with Gasteiger partial charge >= 0.3 is 6.16 Å². The van der Waals surface area contributed by atoms with Crippen LogP contribution >= 0.6 is 0 Å². The van der Waals surface area contributed by atoms with Crippen LogP contribution in [0.15, 0.2) is 0 Å². The Morgan fingerprint density at radius 3 is 2.73 bits per heavy atom. The average molecular weight is 213 g/mol. The maximum atomic E-state index is 11.2. The Labute approximate surface area is 92.1 Å². The molecule has 3 heteroatoms. The molecule has 0 bridgehead atoms. The van der Waals surface area contributed by atoms with Crippen molar-refractivity contribution in [2.75, 3.05) is 0 Å². The maximum absolute atomic E-state index is 11.2. The van der Waals surface area contributed by atoms with Gasteiger partial charge in [-0.15, -0.1) is 0 Å².